The van der Waals surface area contributed by atoms with Crippen molar-refractivity contribution >= 4 is 15.5 Å². The van der Waals surface area contributed by atoms with Crippen molar-refractivity contribution < 1.29 is 35.2 Å². The van der Waals surface area contributed by atoms with Crippen molar-refractivity contribution in [3.05, 3.63) is 89.0 Å². The van der Waals surface area contributed by atoms with Crippen LogP contribution in [0.5, 0.6) is 5.75 Å². The van der Waals surface area contributed by atoms with E-state index in [0.29, 0.717) is 29.9 Å². The van der Waals surface area contributed by atoms with Crippen molar-refractivity contribution in [1.29, 1.82) is 0 Å². The van der Waals surface area contributed by atoms with Crippen LogP contribution in [-0.4, -0.2) is 88.1 Å². The number of hydrogen-bond acceptors (Lipinski definition) is 6. The van der Waals surface area contributed by atoms with Gasteiger partial charge in [0.25, 0.3) is 0 Å². The second kappa shape index (κ2) is 15.7. The molecular weight excluding hydrogens is 654 g/mol. The molecule has 0 saturated carbocycles. The zero-order valence-electron chi connectivity index (χ0n) is 29.9. The van der Waals surface area contributed by atoms with Gasteiger partial charge in [-0.25, -0.2) is 8.42 Å². The average Bonchev–Trinajstić information content (AvgIpc) is 3.17. The first kappa shape index (κ1) is 37.6. The van der Waals surface area contributed by atoms with E-state index in [9.17, 15) is 13.5 Å². The van der Waals surface area contributed by atoms with Crippen LogP contribution in [0.3, 0.4) is 0 Å². The molecule has 9 heteroatoms. The standard InChI is InChI=1S/C40H56N3O4S.ClH/c1-5-7-19-40(20-8-6-2)30-48(45,46)37-18-15-34(41(3)4)27-36(37)38(39(40)44)33-13-16-35(17-14-33)47-29-32-11-9-31(10-12-32)28-43-24-21-42(22-25-43)23-26-43;/h9-18,27,38-39,44H,5-8,19-26,28-30H2,1-4H3;1H/q+1;/p-1/t38-,39-;/m1./s1. The van der Waals surface area contributed by atoms with Gasteiger partial charge in [0, 0.05) is 56.3 Å². The SMILES string of the molecule is CCCCC1(CCCC)CS(=O)(=O)c2ccc(N(C)C)cc2[C@@H](c2ccc(OCc3ccc(C[N+]45CCN(CC4)CC5)cc3)cc2)[C@H]1O.[Cl-]. The van der Waals surface area contributed by atoms with Gasteiger partial charge in [-0.3, -0.25) is 4.90 Å². The van der Waals surface area contributed by atoms with Gasteiger partial charge in [0.05, 0.1) is 36.4 Å². The first-order valence-electron chi connectivity index (χ1n) is 18.2. The second-order valence-corrected chi connectivity index (χ2v) is 17.0. The van der Waals surface area contributed by atoms with Crippen LogP contribution in [0, 0.1) is 5.41 Å². The van der Waals surface area contributed by atoms with E-state index in [1.165, 1.54) is 49.3 Å². The highest BCUT2D eigenvalue weighted by Crippen LogP contribution is 2.50. The molecule has 3 aromatic rings. The third-order valence-electron chi connectivity index (χ3n) is 11.5. The van der Waals surface area contributed by atoms with Crippen LogP contribution in [0.1, 0.15) is 80.5 Å². The fourth-order valence-electron chi connectivity index (χ4n) is 8.43. The zero-order valence-corrected chi connectivity index (χ0v) is 31.5. The maximum absolute atomic E-state index is 14.1. The first-order chi connectivity index (χ1) is 23.1. The smallest absolute Gasteiger partial charge is 0.179 e. The maximum atomic E-state index is 14.1. The molecule has 3 fully saturated rings. The number of sulfone groups is 1. The molecule has 7 rings (SSSR count). The number of ether oxygens (including phenoxy) is 1. The molecule has 7 nitrogen and oxygen atoms in total. The number of rotatable bonds is 13. The normalized spacial score (nSPS) is 25.1. The van der Waals surface area contributed by atoms with E-state index in [4.69, 9.17) is 4.74 Å². The highest BCUT2D eigenvalue weighted by Gasteiger charge is 2.49. The molecule has 3 saturated heterocycles. The van der Waals surface area contributed by atoms with E-state index >= 15 is 0 Å². The highest BCUT2D eigenvalue weighted by molar-refractivity contribution is 7.91. The number of halogens is 1. The van der Waals surface area contributed by atoms with Crippen LogP contribution < -0.4 is 22.0 Å². The van der Waals surface area contributed by atoms with Crippen molar-refractivity contribution in [2.75, 3.05) is 64.0 Å². The molecule has 4 aliphatic heterocycles. The van der Waals surface area contributed by atoms with Crippen LogP contribution in [0.15, 0.2) is 71.6 Å². The minimum Gasteiger partial charge on any atom is -1.00 e. The fraction of sp³-hybridized carbons (Fsp3) is 0.550. The summed E-state index contributed by atoms with van der Waals surface area (Å²) in [4.78, 5) is 4.93. The molecule has 0 aliphatic carbocycles. The van der Waals surface area contributed by atoms with Crippen molar-refractivity contribution in [2.45, 2.75) is 82.4 Å². The Morgan fingerprint density at radius 3 is 2.04 bits per heavy atom. The fourth-order valence-corrected chi connectivity index (χ4v) is 10.6. The Hall–Kier alpha value is -2.62. The zero-order chi connectivity index (χ0) is 33.9. The summed E-state index contributed by atoms with van der Waals surface area (Å²) in [5.41, 5.74) is 4.34. The van der Waals surface area contributed by atoms with Crippen LogP contribution in [0.2, 0.25) is 0 Å². The van der Waals surface area contributed by atoms with Crippen molar-refractivity contribution in [3.63, 3.8) is 0 Å². The summed E-state index contributed by atoms with van der Waals surface area (Å²) in [6.07, 6.45) is 4.21. The molecule has 0 amide bonds. The number of anilines is 1. The average molecular weight is 710 g/mol. The highest BCUT2D eigenvalue weighted by atomic mass is 35.5. The van der Waals surface area contributed by atoms with E-state index in [-0.39, 0.29) is 18.2 Å². The van der Waals surface area contributed by atoms with E-state index in [2.05, 4.69) is 43.0 Å². The lowest BCUT2D eigenvalue weighted by Gasteiger charge is -2.50. The Bertz CT molecular complexity index is 1620. The monoisotopic (exact) mass is 709 g/mol. The maximum Gasteiger partial charge on any atom is 0.179 e. The van der Waals surface area contributed by atoms with Gasteiger partial charge >= 0.3 is 0 Å². The Labute approximate surface area is 301 Å². The van der Waals surface area contributed by atoms with Gasteiger partial charge in [-0.1, -0.05) is 75.9 Å². The summed E-state index contributed by atoms with van der Waals surface area (Å²) in [6.45, 7) is 13.3. The van der Waals surface area contributed by atoms with E-state index in [1.807, 2.05) is 55.4 Å². The molecule has 2 bridgehead atoms. The van der Waals surface area contributed by atoms with Crippen LogP contribution in [0.25, 0.3) is 0 Å². The van der Waals surface area contributed by atoms with E-state index < -0.39 is 27.3 Å². The second-order valence-electron chi connectivity index (χ2n) is 15.1. The molecule has 0 unspecified atom stereocenters. The largest absolute Gasteiger partial charge is 1.00 e. The van der Waals surface area contributed by atoms with Crippen molar-refractivity contribution in [1.82, 2.24) is 4.90 Å². The van der Waals surface area contributed by atoms with Crippen molar-refractivity contribution in [3.8, 4) is 5.75 Å². The summed E-state index contributed by atoms with van der Waals surface area (Å²) in [7, 11) is 0.290. The summed E-state index contributed by atoms with van der Waals surface area (Å²) < 4.78 is 35.7. The van der Waals surface area contributed by atoms with Crippen LogP contribution >= 0.6 is 0 Å². The lowest BCUT2D eigenvalue weighted by Crippen LogP contribution is -3.00. The van der Waals surface area contributed by atoms with Gasteiger partial charge < -0.3 is 31.6 Å². The lowest BCUT2D eigenvalue weighted by molar-refractivity contribution is -0.953. The predicted molar refractivity (Wildman–Crippen MR) is 194 cm³/mol. The predicted octanol–water partition coefficient (Wildman–Crippen LogP) is 3.63. The van der Waals surface area contributed by atoms with Crippen LogP contribution in [-0.2, 0) is 23.0 Å². The van der Waals surface area contributed by atoms with Gasteiger partial charge in [0.2, 0.25) is 0 Å². The third kappa shape index (κ3) is 8.15. The van der Waals surface area contributed by atoms with Gasteiger partial charge in [-0.15, -0.1) is 0 Å². The number of aliphatic hydroxyl groups excluding tert-OH is 1. The number of quaternary nitrogens is 1. The molecule has 0 spiro atoms. The Kier molecular flexibility index (Phi) is 12.1. The van der Waals surface area contributed by atoms with E-state index in [0.717, 1.165) is 54.8 Å². The molecule has 4 aliphatic rings. The van der Waals surface area contributed by atoms with Gasteiger partial charge in [0.15, 0.2) is 9.84 Å². The molecule has 3 aromatic carbocycles. The number of benzene rings is 3. The lowest BCUT2D eigenvalue weighted by atomic mass is 9.68. The minimum absolute atomic E-state index is 0. The third-order valence-corrected chi connectivity index (χ3v) is 13.5. The summed E-state index contributed by atoms with van der Waals surface area (Å²) in [5.74, 6) is 0.264. The molecule has 2 atom stereocenters. The van der Waals surface area contributed by atoms with Gasteiger partial charge in [0.1, 0.15) is 18.9 Å². The Balaban J connectivity index is 0.00000468. The Morgan fingerprint density at radius 2 is 1.47 bits per heavy atom. The topological polar surface area (TPSA) is 70.1 Å². The summed E-state index contributed by atoms with van der Waals surface area (Å²) in [5, 5.41) is 12.4. The van der Waals surface area contributed by atoms with Gasteiger partial charge in [-0.05, 0) is 59.9 Å². The van der Waals surface area contributed by atoms with Crippen molar-refractivity contribution in [2.24, 2.45) is 5.41 Å². The van der Waals surface area contributed by atoms with Gasteiger partial charge in [-0.2, -0.15) is 0 Å². The molecule has 0 aromatic heterocycles. The molecule has 0 radical (unpaired) electrons. The van der Waals surface area contributed by atoms with E-state index in [1.54, 1.807) is 6.07 Å². The quantitative estimate of drug-likeness (QED) is 0.274. The number of aliphatic hydroxyl groups is 1. The molecular formula is C40H56ClN3O4S. The molecule has 4 heterocycles. The summed E-state index contributed by atoms with van der Waals surface area (Å²) in [6, 6.07) is 22.5. The molecule has 1 N–H and O–H groups in total. The minimum atomic E-state index is -3.63. The number of hydrogen-bond donors (Lipinski definition) is 1. The number of nitrogens with zero attached hydrogens (tertiary/aromatic N) is 3. The summed E-state index contributed by atoms with van der Waals surface area (Å²) >= 11 is 0. The number of unbranched alkanes of at least 4 members (excludes halogenated alkanes) is 2. The number of piperazine rings is 3. The van der Waals surface area contributed by atoms with Crippen LogP contribution in [0.4, 0.5) is 5.69 Å². The number of fused-ring (bicyclic) bond motifs is 4. The first-order valence-corrected chi connectivity index (χ1v) is 19.8. The Morgan fingerprint density at radius 1 is 0.878 bits per heavy atom. The molecule has 49 heavy (non-hydrogen) atoms. The molecule has 268 valence electrons.